The van der Waals surface area contributed by atoms with Crippen LogP contribution >= 0.6 is 11.8 Å². The Hall–Kier alpha value is -2.50. The summed E-state index contributed by atoms with van der Waals surface area (Å²) < 4.78 is 15.5. The summed E-state index contributed by atoms with van der Waals surface area (Å²) >= 11 is 1.61. The van der Waals surface area contributed by atoms with E-state index in [0.717, 1.165) is 59.0 Å². The molecule has 1 aliphatic carbocycles. The molecule has 1 spiro atoms. The van der Waals surface area contributed by atoms with E-state index < -0.39 is 11.6 Å². The molecule has 176 valence electrons. The lowest BCUT2D eigenvalue weighted by Crippen LogP contribution is -2.48. The molecule has 0 bridgehead atoms. The van der Waals surface area contributed by atoms with Crippen molar-refractivity contribution in [2.24, 2.45) is 5.41 Å². The number of carbonyl (C=O) groups is 2. The lowest BCUT2D eigenvalue weighted by atomic mass is 9.65. The van der Waals surface area contributed by atoms with E-state index in [0.29, 0.717) is 25.7 Å². The Morgan fingerprint density at radius 3 is 2.56 bits per heavy atom. The summed E-state index contributed by atoms with van der Waals surface area (Å²) in [7, 11) is 0. The zero-order valence-corrected chi connectivity index (χ0v) is 20.2. The maximum atomic E-state index is 15.5. The molecule has 2 aliphatic heterocycles. The van der Waals surface area contributed by atoms with Gasteiger partial charge < -0.3 is 4.90 Å². The first-order valence-corrected chi connectivity index (χ1v) is 13.0. The van der Waals surface area contributed by atoms with Gasteiger partial charge in [0, 0.05) is 39.2 Å². The predicted molar refractivity (Wildman–Crippen MR) is 135 cm³/mol. The Morgan fingerprint density at radius 2 is 1.76 bits per heavy atom. The minimum atomic E-state index is -1.12. The lowest BCUT2D eigenvalue weighted by Gasteiger charge is -2.46. The standard InChI is InChI=1S/C29H30FNO2S/c30-27-14-13-26-28(24(33)20-22-10-4-5-12-25(22)34-26)29(27)15-18-31(19-16-29)17-7-6-11-23(32)21-8-2-1-3-9-21/h1-5,8-10,12-14,27H,6-7,11,15-20H2. The van der Waals surface area contributed by atoms with Crippen LogP contribution in [0.2, 0.25) is 0 Å². The van der Waals surface area contributed by atoms with Crippen LogP contribution in [0.15, 0.2) is 82.1 Å². The summed E-state index contributed by atoms with van der Waals surface area (Å²) in [4.78, 5) is 30.1. The van der Waals surface area contributed by atoms with Gasteiger partial charge >= 0.3 is 0 Å². The molecule has 5 heteroatoms. The quantitative estimate of drug-likeness (QED) is 0.368. The third-order valence-corrected chi connectivity index (χ3v) is 8.66. The maximum Gasteiger partial charge on any atom is 0.165 e. The summed E-state index contributed by atoms with van der Waals surface area (Å²) in [5, 5.41) is 0. The van der Waals surface area contributed by atoms with Gasteiger partial charge in [-0.3, -0.25) is 9.59 Å². The van der Waals surface area contributed by atoms with Crippen molar-refractivity contribution in [3.05, 3.63) is 88.4 Å². The van der Waals surface area contributed by atoms with Crippen LogP contribution in [-0.2, 0) is 11.2 Å². The average molecular weight is 476 g/mol. The second-order valence-corrected chi connectivity index (χ2v) is 10.6. The molecule has 0 amide bonds. The molecule has 3 nitrogen and oxygen atoms in total. The van der Waals surface area contributed by atoms with E-state index in [1.165, 1.54) is 0 Å². The van der Waals surface area contributed by atoms with Gasteiger partial charge in [-0.25, -0.2) is 4.39 Å². The van der Waals surface area contributed by atoms with Crippen LogP contribution < -0.4 is 0 Å². The Balaban J connectivity index is 1.20. The minimum absolute atomic E-state index is 0.0762. The molecule has 5 rings (SSSR count). The number of fused-ring (bicyclic) bond motifs is 2. The molecule has 34 heavy (non-hydrogen) atoms. The molecule has 0 N–H and O–H groups in total. The number of halogens is 1. The van der Waals surface area contributed by atoms with Crippen molar-refractivity contribution >= 4 is 23.3 Å². The van der Waals surface area contributed by atoms with Crippen molar-refractivity contribution in [2.75, 3.05) is 19.6 Å². The van der Waals surface area contributed by atoms with Crippen LogP contribution in [0.1, 0.15) is 48.0 Å². The first-order valence-electron chi connectivity index (χ1n) is 12.2. The van der Waals surface area contributed by atoms with E-state index in [9.17, 15) is 9.59 Å². The number of carbonyl (C=O) groups excluding carboxylic acids is 2. The summed E-state index contributed by atoms with van der Waals surface area (Å²) in [5.41, 5.74) is 1.82. The van der Waals surface area contributed by atoms with Crippen LogP contribution in [0, 0.1) is 5.41 Å². The smallest absolute Gasteiger partial charge is 0.165 e. The monoisotopic (exact) mass is 475 g/mol. The first-order chi connectivity index (χ1) is 16.6. The van der Waals surface area contributed by atoms with Crippen LogP contribution in [0.4, 0.5) is 4.39 Å². The van der Waals surface area contributed by atoms with Crippen molar-refractivity contribution in [1.82, 2.24) is 4.90 Å². The zero-order valence-electron chi connectivity index (χ0n) is 19.3. The second-order valence-electron chi connectivity index (χ2n) is 9.55. The molecular formula is C29H30FNO2S. The van der Waals surface area contributed by atoms with Gasteiger partial charge in [-0.2, -0.15) is 0 Å². The molecule has 2 aromatic rings. The van der Waals surface area contributed by atoms with Crippen LogP contribution in [0.5, 0.6) is 0 Å². The molecule has 2 heterocycles. The number of allylic oxidation sites excluding steroid dienone is 3. The second kappa shape index (κ2) is 10.0. The van der Waals surface area contributed by atoms with Gasteiger partial charge in [-0.1, -0.05) is 60.3 Å². The molecule has 0 radical (unpaired) electrons. The third-order valence-electron chi connectivity index (χ3n) is 7.48. The lowest BCUT2D eigenvalue weighted by molar-refractivity contribution is -0.117. The Labute approximate surface area is 205 Å². The largest absolute Gasteiger partial charge is 0.303 e. The number of hydrogen-bond acceptors (Lipinski definition) is 4. The van der Waals surface area contributed by atoms with E-state index >= 15 is 4.39 Å². The number of unbranched alkanes of at least 4 members (excludes halogenated alkanes) is 1. The molecule has 0 aromatic heterocycles. The predicted octanol–water partition coefficient (Wildman–Crippen LogP) is 6.20. The van der Waals surface area contributed by atoms with E-state index in [-0.39, 0.29) is 11.6 Å². The normalized spacial score (nSPS) is 21.8. The SMILES string of the molecule is O=C1Cc2ccccc2SC2=C1C1(CCN(CCCCC(=O)c3ccccc3)CC1)C(F)C=C2. The highest BCUT2D eigenvalue weighted by Gasteiger charge is 2.49. The number of benzene rings is 2. The summed E-state index contributed by atoms with van der Waals surface area (Å²) in [6.07, 6.45) is 6.39. The van der Waals surface area contributed by atoms with Gasteiger partial charge in [-0.05, 0) is 69.1 Å². The molecule has 2 aromatic carbocycles. The number of thioether (sulfide) groups is 1. The fraction of sp³-hybridized carbons (Fsp3) is 0.379. The summed E-state index contributed by atoms with van der Waals surface area (Å²) in [5.74, 6) is 0.268. The van der Waals surface area contributed by atoms with Crippen molar-refractivity contribution < 1.29 is 14.0 Å². The summed E-state index contributed by atoms with van der Waals surface area (Å²) in [6, 6.07) is 17.5. The van der Waals surface area contributed by atoms with Gasteiger partial charge in [0.1, 0.15) is 6.17 Å². The highest BCUT2D eigenvalue weighted by molar-refractivity contribution is 8.03. The fourth-order valence-electron chi connectivity index (χ4n) is 5.54. The van der Waals surface area contributed by atoms with Gasteiger partial charge in [0.2, 0.25) is 0 Å². The minimum Gasteiger partial charge on any atom is -0.303 e. The topological polar surface area (TPSA) is 37.4 Å². The number of alkyl halides is 1. The van der Waals surface area contributed by atoms with Gasteiger partial charge in [-0.15, -0.1) is 0 Å². The number of piperidine rings is 1. The zero-order chi connectivity index (χ0) is 23.5. The first kappa shape index (κ1) is 23.3. The molecule has 1 fully saturated rings. The Kier molecular flexibility index (Phi) is 6.84. The Bertz CT molecular complexity index is 1130. The molecule has 1 saturated heterocycles. The van der Waals surface area contributed by atoms with E-state index in [2.05, 4.69) is 11.0 Å². The highest BCUT2D eigenvalue weighted by atomic mass is 32.2. The van der Waals surface area contributed by atoms with Crippen molar-refractivity contribution in [2.45, 2.75) is 49.6 Å². The Morgan fingerprint density at radius 1 is 1.03 bits per heavy atom. The number of hydrogen-bond donors (Lipinski definition) is 0. The molecule has 1 atom stereocenters. The molecule has 3 aliphatic rings. The van der Waals surface area contributed by atoms with E-state index in [1.807, 2.05) is 54.6 Å². The van der Waals surface area contributed by atoms with Gasteiger partial charge in [0.25, 0.3) is 0 Å². The van der Waals surface area contributed by atoms with Gasteiger partial charge in [0.05, 0.1) is 0 Å². The van der Waals surface area contributed by atoms with Crippen molar-refractivity contribution in [3.63, 3.8) is 0 Å². The van der Waals surface area contributed by atoms with Crippen LogP contribution in [-0.4, -0.2) is 42.3 Å². The fourth-order valence-corrected chi connectivity index (χ4v) is 6.76. The van der Waals surface area contributed by atoms with Crippen LogP contribution in [0.3, 0.4) is 0 Å². The van der Waals surface area contributed by atoms with E-state index in [4.69, 9.17) is 0 Å². The highest BCUT2D eigenvalue weighted by Crippen LogP contribution is 2.52. The number of ketones is 2. The average Bonchev–Trinajstić information content (AvgIpc) is 3.01. The molecule has 1 unspecified atom stereocenters. The maximum absolute atomic E-state index is 15.5. The van der Waals surface area contributed by atoms with Crippen LogP contribution in [0.25, 0.3) is 0 Å². The number of rotatable bonds is 6. The number of nitrogens with zero attached hydrogens (tertiary/aromatic N) is 1. The number of likely N-dealkylation sites (tertiary alicyclic amines) is 1. The summed E-state index contributed by atoms with van der Waals surface area (Å²) in [6.45, 7) is 2.47. The van der Waals surface area contributed by atoms with Gasteiger partial charge in [0.15, 0.2) is 11.6 Å². The third kappa shape index (κ3) is 4.56. The van der Waals surface area contributed by atoms with E-state index in [1.54, 1.807) is 17.8 Å². The molecule has 0 saturated carbocycles. The molecular weight excluding hydrogens is 445 g/mol. The number of Topliss-reactive ketones (excluding diaryl/α,β-unsaturated/α-hetero) is 2. The van der Waals surface area contributed by atoms with Crippen molar-refractivity contribution in [3.8, 4) is 0 Å². The van der Waals surface area contributed by atoms with Crippen molar-refractivity contribution in [1.29, 1.82) is 0 Å².